The molecule has 2 amide bonds. The fraction of sp³-hybridized carbons (Fsp3) is 0.471. The van der Waals surface area contributed by atoms with Crippen LogP contribution in [0.4, 0.5) is 5.69 Å². The Morgan fingerprint density at radius 3 is 2.56 bits per heavy atom. The SMILES string of the molecule is CCOC(=O)[C@@H]1CS[C@H](CC(=O)Nc2ccc(OCC)cc2)C(=O)N1. The summed E-state index contributed by atoms with van der Waals surface area (Å²) >= 11 is 1.29. The summed E-state index contributed by atoms with van der Waals surface area (Å²) in [7, 11) is 0. The highest BCUT2D eigenvalue weighted by atomic mass is 32.2. The van der Waals surface area contributed by atoms with E-state index < -0.39 is 17.3 Å². The second-order valence-corrected chi connectivity index (χ2v) is 6.58. The van der Waals surface area contributed by atoms with Crippen LogP contribution in [-0.4, -0.2) is 48.0 Å². The van der Waals surface area contributed by atoms with Crippen LogP contribution in [0.5, 0.6) is 5.75 Å². The topological polar surface area (TPSA) is 93.7 Å². The molecule has 2 atom stereocenters. The molecule has 25 heavy (non-hydrogen) atoms. The van der Waals surface area contributed by atoms with E-state index in [2.05, 4.69) is 10.6 Å². The van der Waals surface area contributed by atoms with E-state index in [0.29, 0.717) is 18.0 Å². The summed E-state index contributed by atoms with van der Waals surface area (Å²) in [5.41, 5.74) is 0.638. The van der Waals surface area contributed by atoms with Crippen molar-refractivity contribution in [3.63, 3.8) is 0 Å². The lowest BCUT2D eigenvalue weighted by Gasteiger charge is -2.27. The van der Waals surface area contributed by atoms with Crippen molar-refractivity contribution in [3.8, 4) is 5.75 Å². The summed E-state index contributed by atoms with van der Waals surface area (Å²) in [4.78, 5) is 35.9. The molecule has 1 aromatic carbocycles. The Labute approximate surface area is 150 Å². The van der Waals surface area contributed by atoms with Crippen molar-refractivity contribution in [2.24, 2.45) is 0 Å². The van der Waals surface area contributed by atoms with E-state index in [-0.39, 0.29) is 24.8 Å². The van der Waals surface area contributed by atoms with Crippen molar-refractivity contribution < 1.29 is 23.9 Å². The molecule has 1 heterocycles. The number of anilines is 1. The third kappa shape index (κ3) is 5.67. The maximum atomic E-state index is 12.1. The molecule has 2 rings (SSSR count). The standard InChI is InChI=1S/C17H22N2O5S/c1-3-23-12-7-5-11(6-8-12)18-15(20)9-14-16(21)19-13(10-25-14)17(22)24-4-2/h5-8,13-14H,3-4,9-10H2,1-2H3,(H,18,20)(H,19,21)/t13-,14+/m0/s1. The van der Waals surface area contributed by atoms with Crippen molar-refractivity contribution in [2.45, 2.75) is 31.6 Å². The summed E-state index contributed by atoms with van der Waals surface area (Å²) in [6, 6.07) is 6.38. The molecule has 1 saturated heterocycles. The predicted octanol–water partition coefficient (Wildman–Crippen LogP) is 1.58. The number of benzene rings is 1. The first-order chi connectivity index (χ1) is 12.0. The summed E-state index contributed by atoms with van der Waals surface area (Å²) < 4.78 is 10.2. The largest absolute Gasteiger partial charge is 0.494 e. The first-order valence-electron chi connectivity index (χ1n) is 8.14. The first kappa shape index (κ1) is 19.1. The second-order valence-electron chi connectivity index (χ2n) is 5.34. The maximum Gasteiger partial charge on any atom is 0.329 e. The summed E-state index contributed by atoms with van der Waals surface area (Å²) in [6.07, 6.45) is 0.0409. The Morgan fingerprint density at radius 1 is 1.24 bits per heavy atom. The number of carbonyl (C=O) groups is 3. The van der Waals surface area contributed by atoms with E-state index in [1.54, 1.807) is 31.2 Å². The zero-order valence-electron chi connectivity index (χ0n) is 14.2. The van der Waals surface area contributed by atoms with E-state index in [4.69, 9.17) is 9.47 Å². The fourth-order valence-corrected chi connectivity index (χ4v) is 3.43. The number of hydrogen-bond acceptors (Lipinski definition) is 6. The van der Waals surface area contributed by atoms with Crippen molar-refractivity contribution in [1.29, 1.82) is 0 Å². The van der Waals surface area contributed by atoms with Crippen LogP contribution in [0.15, 0.2) is 24.3 Å². The molecule has 1 aromatic rings. The van der Waals surface area contributed by atoms with E-state index >= 15 is 0 Å². The molecule has 0 aliphatic carbocycles. The van der Waals surface area contributed by atoms with Gasteiger partial charge in [-0.15, -0.1) is 11.8 Å². The molecule has 7 nitrogen and oxygen atoms in total. The van der Waals surface area contributed by atoms with Gasteiger partial charge in [0, 0.05) is 17.9 Å². The molecule has 0 spiro atoms. The Balaban J connectivity index is 1.82. The molecule has 136 valence electrons. The van der Waals surface area contributed by atoms with Gasteiger partial charge in [-0.2, -0.15) is 0 Å². The van der Waals surface area contributed by atoms with Gasteiger partial charge in [0.25, 0.3) is 0 Å². The first-order valence-corrected chi connectivity index (χ1v) is 9.19. The lowest BCUT2D eigenvalue weighted by atomic mass is 10.2. The smallest absolute Gasteiger partial charge is 0.329 e. The van der Waals surface area contributed by atoms with Crippen molar-refractivity contribution >= 4 is 35.2 Å². The number of hydrogen-bond donors (Lipinski definition) is 2. The highest BCUT2D eigenvalue weighted by molar-refractivity contribution is 8.00. The predicted molar refractivity (Wildman–Crippen MR) is 95.7 cm³/mol. The van der Waals surface area contributed by atoms with Crippen LogP contribution in [0, 0.1) is 0 Å². The Kier molecular flexibility index (Phi) is 7.12. The third-order valence-electron chi connectivity index (χ3n) is 3.46. The Morgan fingerprint density at radius 2 is 1.96 bits per heavy atom. The van der Waals surface area contributed by atoms with Crippen LogP contribution >= 0.6 is 11.8 Å². The number of esters is 1. The minimum absolute atomic E-state index is 0.0409. The van der Waals surface area contributed by atoms with Crippen LogP contribution in [0.2, 0.25) is 0 Å². The van der Waals surface area contributed by atoms with Gasteiger partial charge in [0.2, 0.25) is 11.8 Å². The molecule has 0 bridgehead atoms. The zero-order chi connectivity index (χ0) is 18.2. The molecule has 1 aliphatic rings. The van der Waals surface area contributed by atoms with E-state index in [1.807, 2.05) is 6.92 Å². The van der Waals surface area contributed by atoms with Crippen LogP contribution in [0.1, 0.15) is 20.3 Å². The summed E-state index contributed by atoms with van der Waals surface area (Å²) in [5, 5.41) is 4.84. The van der Waals surface area contributed by atoms with Crippen molar-refractivity contribution in [2.75, 3.05) is 24.3 Å². The lowest BCUT2D eigenvalue weighted by molar-refractivity contribution is -0.146. The van der Waals surface area contributed by atoms with Crippen molar-refractivity contribution in [3.05, 3.63) is 24.3 Å². The minimum Gasteiger partial charge on any atom is -0.494 e. The Bertz CT molecular complexity index is 620. The zero-order valence-corrected chi connectivity index (χ0v) is 15.1. The maximum absolute atomic E-state index is 12.1. The van der Waals surface area contributed by atoms with Gasteiger partial charge in [0.1, 0.15) is 11.8 Å². The molecule has 2 N–H and O–H groups in total. The van der Waals surface area contributed by atoms with Gasteiger partial charge in [-0.3, -0.25) is 9.59 Å². The highest BCUT2D eigenvalue weighted by Gasteiger charge is 2.34. The lowest BCUT2D eigenvalue weighted by Crippen LogP contribution is -2.51. The van der Waals surface area contributed by atoms with Gasteiger partial charge in [-0.1, -0.05) is 0 Å². The van der Waals surface area contributed by atoms with Crippen LogP contribution < -0.4 is 15.4 Å². The van der Waals surface area contributed by atoms with E-state index in [0.717, 1.165) is 5.75 Å². The van der Waals surface area contributed by atoms with Gasteiger partial charge in [-0.05, 0) is 38.1 Å². The number of ether oxygens (including phenoxy) is 2. The molecule has 0 aromatic heterocycles. The molecule has 1 aliphatic heterocycles. The third-order valence-corrected chi connectivity index (χ3v) is 4.77. The van der Waals surface area contributed by atoms with E-state index in [1.165, 1.54) is 11.8 Å². The molecule has 1 fully saturated rings. The fourth-order valence-electron chi connectivity index (χ4n) is 2.30. The summed E-state index contributed by atoms with van der Waals surface area (Å²) in [5.74, 6) is 0.0990. The van der Waals surface area contributed by atoms with E-state index in [9.17, 15) is 14.4 Å². The van der Waals surface area contributed by atoms with Crippen LogP contribution in [0.3, 0.4) is 0 Å². The van der Waals surface area contributed by atoms with Gasteiger partial charge < -0.3 is 20.1 Å². The second kappa shape index (κ2) is 9.31. The Hall–Kier alpha value is -2.22. The molecule has 0 saturated carbocycles. The number of rotatable bonds is 7. The summed E-state index contributed by atoms with van der Waals surface area (Å²) in [6.45, 7) is 4.45. The average molecular weight is 366 g/mol. The van der Waals surface area contributed by atoms with Crippen LogP contribution in [0.25, 0.3) is 0 Å². The number of amides is 2. The molecule has 0 unspecified atom stereocenters. The van der Waals surface area contributed by atoms with Crippen molar-refractivity contribution in [1.82, 2.24) is 5.32 Å². The number of thioether (sulfide) groups is 1. The molecule has 8 heteroatoms. The molecule has 0 radical (unpaired) electrons. The number of nitrogens with one attached hydrogen (secondary N) is 2. The normalized spacial score (nSPS) is 19.7. The van der Waals surface area contributed by atoms with Gasteiger partial charge in [0.05, 0.1) is 18.5 Å². The minimum atomic E-state index is -0.650. The number of carbonyl (C=O) groups excluding carboxylic acids is 3. The average Bonchev–Trinajstić information content (AvgIpc) is 2.59. The highest BCUT2D eigenvalue weighted by Crippen LogP contribution is 2.22. The van der Waals surface area contributed by atoms with Crippen LogP contribution in [-0.2, 0) is 19.1 Å². The molecular weight excluding hydrogens is 344 g/mol. The quantitative estimate of drug-likeness (QED) is 0.712. The van der Waals surface area contributed by atoms with Gasteiger partial charge in [-0.25, -0.2) is 4.79 Å². The van der Waals surface area contributed by atoms with Gasteiger partial charge in [0.15, 0.2) is 0 Å². The molecular formula is C17H22N2O5S. The van der Waals surface area contributed by atoms with Gasteiger partial charge >= 0.3 is 5.97 Å². The monoisotopic (exact) mass is 366 g/mol.